The minimum absolute atomic E-state index is 0.142. The fourth-order valence-corrected chi connectivity index (χ4v) is 3.92. The maximum Gasteiger partial charge on any atom is 0.403 e. The largest absolute Gasteiger partial charge is 0.403 e. The van der Waals surface area contributed by atoms with Gasteiger partial charge in [0.05, 0.1) is 19.3 Å². The van der Waals surface area contributed by atoms with E-state index in [0.717, 1.165) is 7.11 Å². The first kappa shape index (κ1) is 16.8. The standard InChI is InChI=1S/C13H19N2O7P/c1-19-7-13-8-21-10(11(13)14-23(17,18)20-2)12(22-13)15-6-4-3-5-9(15)16/h3-6,10-12H,7-8H2,1-2H3,(H2,14,17,18)/t10-,11-,12+,13-/m0/s1. The predicted octanol–water partition coefficient (Wildman–Crippen LogP) is -0.134. The molecule has 1 unspecified atom stereocenters. The van der Waals surface area contributed by atoms with E-state index >= 15 is 0 Å². The predicted molar refractivity (Wildman–Crippen MR) is 78.9 cm³/mol. The second-order valence-electron chi connectivity index (χ2n) is 5.54. The van der Waals surface area contributed by atoms with E-state index in [4.69, 9.17) is 14.2 Å². The smallest absolute Gasteiger partial charge is 0.382 e. The summed E-state index contributed by atoms with van der Waals surface area (Å²) < 4.78 is 34.8. The summed E-state index contributed by atoms with van der Waals surface area (Å²) in [5.41, 5.74) is -1.23. The highest BCUT2D eigenvalue weighted by atomic mass is 31.2. The van der Waals surface area contributed by atoms with Gasteiger partial charge in [0, 0.05) is 26.5 Å². The Labute approximate surface area is 132 Å². The zero-order chi connectivity index (χ0) is 16.7. The van der Waals surface area contributed by atoms with Crippen molar-refractivity contribution >= 4 is 7.75 Å². The molecule has 3 heterocycles. The number of pyridine rings is 1. The van der Waals surface area contributed by atoms with E-state index in [2.05, 4.69) is 9.61 Å². The van der Waals surface area contributed by atoms with Gasteiger partial charge in [-0.25, -0.2) is 9.65 Å². The highest BCUT2D eigenvalue weighted by Crippen LogP contribution is 2.49. The van der Waals surface area contributed by atoms with Gasteiger partial charge < -0.3 is 23.6 Å². The van der Waals surface area contributed by atoms with Crippen LogP contribution in [0.15, 0.2) is 29.2 Å². The third-order valence-electron chi connectivity index (χ3n) is 4.12. The lowest BCUT2D eigenvalue weighted by Crippen LogP contribution is -2.50. The Bertz CT molecular complexity index is 680. The molecule has 2 saturated heterocycles. The summed E-state index contributed by atoms with van der Waals surface area (Å²) in [5, 5.41) is 2.56. The summed E-state index contributed by atoms with van der Waals surface area (Å²) in [6.07, 6.45) is 0.242. The molecule has 2 N–H and O–H groups in total. The van der Waals surface area contributed by atoms with Crippen molar-refractivity contribution in [1.82, 2.24) is 9.65 Å². The minimum atomic E-state index is -4.01. The van der Waals surface area contributed by atoms with Crippen molar-refractivity contribution in [1.29, 1.82) is 0 Å². The van der Waals surface area contributed by atoms with Crippen LogP contribution in [0.5, 0.6) is 0 Å². The van der Waals surface area contributed by atoms with E-state index in [1.807, 2.05) is 0 Å². The van der Waals surface area contributed by atoms with Crippen molar-refractivity contribution < 1.29 is 28.2 Å². The quantitative estimate of drug-likeness (QED) is 0.686. The van der Waals surface area contributed by atoms with Gasteiger partial charge in [0.1, 0.15) is 11.7 Å². The fraction of sp³-hybridized carbons (Fsp3) is 0.615. The lowest BCUT2D eigenvalue weighted by atomic mass is 9.98. The summed E-state index contributed by atoms with van der Waals surface area (Å²) in [4.78, 5) is 21.8. The molecule has 0 spiro atoms. The third-order valence-corrected chi connectivity index (χ3v) is 5.21. The number of aromatic nitrogens is 1. The van der Waals surface area contributed by atoms with Gasteiger partial charge in [0.25, 0.3) is 5.56 Å². The number of hydrogen-bond acceptors (Lipinski definition) is 6. The lowest BCUT2D eigenvalue weighted by Gasteiger charge is -2.31. The van der Waals surface area contributed by atoms with Gasteiger partial charge in [-0.2, -0.15) is 0 Å². The Balaban J connectivity index is 1.95. The Morgan fingerprint density at radius 3 is 2.96 bits per heavy atom. The lowest BCUT2D eigenvalue weighted by molar-refractivity contribution is -0.188. The van der Waals surface area contributed by atoms with Crippen LogP contribution >= 0.6 is 7.75 Å². The van der Waals surface area contributed by atoms with E-state index in [1.165, 1.54) is 17.7 Å². The van der Waals surface area contributed by atoms with Crippen LogP contribution in [0.2, 0.25) is 0 Å². The van der Waals surface area contributed by atoms with Crippen LogP contribution in [0, 0.1) is 0 Å². The van der Waals surface area contributed by atoms with E-state index in [1.54, 1.807) is 18.3 Å². The Morgan fingerprint density at radius 2 is 2.30 bits per heavy atom. The van der Waals surface area contributed by atoms with E-state index in [9.17, 15) is 14.3 Å². The van der Waals surface area contributed by atoms with E-state index in [-0.39, 0.29) is 18.8 Å². The zero-order valence-corrected chi connectivity index (χ0v) is 13.6. The van der Waals surface area contributed by atoms with Crippen molar-refractivity contribution in [3.05, 3.63) is 34.7 Å². The maximum atomic E-state index is 12.0. The number of fused-ring (bicyclic) bond motifs is 2. The monoisotopic (exact) mass is 346 g/mol. The zero-order valence-electron chi connectivity index (χ0n) is 12.7. The molecule has 2 aliphatic rings. The normalized spacial score (nSPS) is 35.3. The molecule has 2 aliphatic heterocycles. The van der Waals surface area contributed by atoms with E-state index in [0.29, 0.717) is 0 Å². The number of rotatable bonds is 6. The summed E-state index contributed by atoms with van der Waals surface area (Å²) in [7, 11) is -1.37. The molecule has 3 rings (SSSR count). The van der Waals surface area contributed by atoms with Crippen LogP contribution in [-0.4, -0.2) is 54.6 Å². The second kappa shape index (κ2) is 6.10. The average Bonchev–Trinajstić information content (AvgIpc) is 2.99. The SMILES string of the molecule is COC[C@@]12CO[C@H]([C@H](n3ccccc3=O)O1)[C@@H]2NP(=O)(O)OC. The summed E-state index contributed by atoms with van der Waals surface area (Å²) in [6.45, 7) is 0.327. The summed E-state index contributed by atoms with van der Waals surface area (Å²) >= 11 is 0. The molecule has 0 saturated carbocycles. The molecule has 0 amide bonds. The van der Waals surface area contributed by atoms with Crippen LogP contribution < -0.4 is 10.6 Å². The van der Waals surface area contributed by atoms with Crippen molar-refractivity contribution in [3.63, 3.8) is 0 Å². The average molecular weight is 346 g/mol. The van der Waals surface area contributed by atoms with Gasteiger partial charge in [-0.05, 0) is 6.07 Å². The van der Waals surface area contributed by atoms with Crippen molar-refractivity contribution in [2.75, 3.05) is 27.4 Å². The topological polar surface area (TPSA) is 108 Å². The minimum Gasteiger partial charge on any atom is -0.382 e. The van der Waals surface area contributed by atoms with Gasteiger partial charge in [-0.1, -0.05) is 6.07 Å². The first-order valence-corrected chi connectivity index (χ1v) is 8.62. The first-order chi connectivity index (χ1) is 10.9. The summed E-state index contributed by atoms with van der Waals surface area (Å²) in [6, 6.07) is 4.08. The Kier molecular flexibility index (Phi) is 4.45. The van der Waals surface area contributed by atoms with Gasteiger partial charge in [0.15, 0.2) is 6.23 Å². The van der Waals surface area contributed by atoms with Crippen molar-refractivity contribution in [2.45, 2.75) is 24.0 Å². The highest BCUT2D eigenvalue weighted by Gasteiger charge is 2.63. The van der Waals surface area contributed by atoms with Crippen LogP contribution in [-0.2, 0) is 23.3 Å². The molecule has 5 atom stereocenters. The molecule has 0 radical (unpaired) electrons. The van der Waals surface area contributed by atoms with Crippen LogP contribution in [0.3, 0.4) is 0 Å². The van der Waals surface area contributed by atoms with E-state index < -0.39 is 31.7 Å². The second-order valence-corrected chi connectivity index (χ2v) is 7.20. The number of hydrogen-bond donors (Lipinski definition) is 2. The molecule has 128 valence electrons. The first-order valence-electron chi connectivity index (χ1n) is 7.04. The molecule has 0 aliphatic carbocycles. The molecular formula is C13H19N2O7P. The molecule has 2 fully saturated rings. The van der Waals surface area contributed by atoms with Gasteiger partial charge in [0.2, 0.25) is 0 Å². The molecule has 9 nitrogen and oxygen atoms in total. The molecular weight excluding hydrogens is 327 g/mol. The number of ether oxygens (including phenoxy) is 3. The van der Waals surface area contributed by atoms with Crippen molar-refractivity contribution in [3.8, 4) is 0 Å². The molecule has 1 aromatic rings. The maximum absolute atomic E-state index is 12.0. The molecule has 2 bridgehead atoms. The van der Waals surface area contributed by atoms with Gasteiger partial charge in [-0.3, -0.25) is 9.36 Å². The van der Waals surface area contributed by atoms with Gasteiger partial charge in [-0.15, -0.1) is 0 Å². The van der Waals surface area contributed by atoms with Crippen LogP contribution in [0.25, 0.3) is 0 Å². The highest BCUT2D eigenvalue weighted by molar-refractivity contribution is 7.50. The number of nitrogens with one attached hydrogen (secondary N) is 1. The summed E-state index contributed by atoms with van der Waals surface area (Å²) in [5.74, 6) is 0. The van der Waals surface area contributed by atoms with Gasteiger partial charge >= 0.3 is 7.75 Å². The molecule has 0 aromatic carbocycles. The Morgan fingerprint density at radius 1 is 1.52 bits per heavy atom. The molecule has 23 heavy (non-hydrogen) atoms. The fourth-order valence-electron chi connectivity index (χ4n) is 3.08. The number of methoxy groups -OCH3 is 1. The molecule has 1 aromatic heterocycles. The number of nitrogens with zero attached hydrogens (tertiary/aromatic N) is 1. The third kappa shape index (κ3) is 2.89. The van der Waals surface area contributed by atoms with Crippen LogP contribution in [0.4, 0.5) is 0 Å². The van der Waals surface area contributed by atoms with Crippen LogP contribution in [0.1, 0.15) is 6.23 Å². The Hall–Kier alpha value is -1.06. The molecule has 10 heteroatoms. The van der Waals surface area contributed by atoms with Crippen molar-refractivity contribution in [2.24, 2.45) is 0 Å².